The van der Waals surface area contributed by atoms with Crippen LogP contribution in [0.1, 0.15) is 52.9 Å². The van der Waals surface area contributed by atoms with Crippen LogP contribution in [0.3, 0.4) is 0 Å². The van der Waals surface area contributed by atoms with Gasteiger partial charge >= 0.3 is 11.9 Å². The molecule has 0 aromatic heterocycles. The van der Waals surface area contributed by atoms with Gasteiger partial charge in [-0.1, -0.05) is 0 Å². The Hall–Kier alpha value is -1.22. The summed E-state index contributed by atoms with van der Waals surface area (Å²) in [4.78, 5) is 51.8. The van der Waals surface area contributed by atoms with Crippen LogP contribution >= 0.6 is 16.8 Å². The lowest BCUT2D eigenvalue weighted by atomic mass is 10.3. The van der Waals surface area contributed by atoms with Crippen molar-refractivity contribution in [1.82, 2.24) is 5.06 Å². The summed E-state index contributed by atoms with van der Waals surface area (Å²) in [6, 6.07) is 0. The van der Waals surface area contributed by atoms with Crippen LogP contribution in [-0.4, -0.2) is 67.8 Å². The smallest absolute Gasteiger partial charge is 0.333 e. The van der Waals surface area contributed by atoms with Crippen molar-refractivity contribution in [1.29, 1.82) is 0 Å². The van der Waals surface area contributed by atoms with Crippen LogP contribution in [0.25, 0.3) is 0 Å². The molecule has 0 spiro atoms. The molecule has 0 radical (unpaired) electrons. The van der Waals surface area contributed by atoms with E-state index in [1.165, 1.54) is 7.11 Å². The van der Waals surface area contributed by atoms with E-state index in [1.54, 1.807) is 0 Å². The molecule has 31 heavy (non-hydrogen) atoms. The molecular weight excluding hydrogens is 452 g/mol. The number of hydrogen-bond donors (Lipinski definition) is 0. The Morgan fingerprint density at radius 2 is 1.48 bits per heavy atom. The van der Waals surface area contributed by atoms with Gasteiger partial charge in [0.15, 0.2) is 16.8 Å². The van der Waals surface area contributed by atoms with Crippen molar-refractivity contribution in [2.75, 3.05) is 33.5 Å². The van der Waals surface area contributed by atoms with Gasteiger partial charge in [0, 0.05) is 20.0 Å². The Balaban J connectivity index is 2.50. The van der Waals surface area contributed by atoms with Gasteiger partial charge in [-0.25, -0.2) is 4.79 Å². The predicted molar refractivity (Wildman–Crippen MR) is 112 cm³/mol. The van der Waals surface area contributed by atoms with Crippen molar-refractivity contribution in [3.63, 3.8) is 0 Å². The number of carbonyl (C=O) groups is 4. The Morgan fingerprint density at radius 3 is 2.00 bits per heavy atom. The lowest BCUT2D eigenvalue weighted by Crippen LogP contribution is -2.32. The number of hydrogen-bond acceptors (Lipinski definition) is 10. The molecule has 2 atom stereocenters. The molecule has 13 heteroatoms. The molecule has 0 aromatic carbocycles. The van der Waals surface area contributed by atoms with Crippen LogP contribution < -0.4 is 0 Å². The third-order valence-corrected chi connectivity index (χ3v) is 8.14. The van der Waals surface area contributed by atoms with Crippen LogP contribution in [0.4, 0.5) is 0 Å². The number of ether oxygens (including phenoxy) is 1. The average Bonchev–Trinajstić information content (AvgIpc) is 3.05. The Kier molecular flexibility index (Phi) is 14.0. The van der Waals surface area contributed by atoms with E-state index in [1.807, 2.05) is 20.8 Å². The number of esters is 1. The molecule has 0 N–H and O–H groups in total. The lowest BCUT2D eigenvalue weighted by Gasteiger charge is -2.29. The molecule has 1 heterocycles. The predicted octanol–water partition coefficient (Wildman–Crippen LogP) is 3.01. The molecule has 1 saturated heterocycles. The summed E-state index contributed by atoms with van der Waals surface area (Å²) in [7, 11) is -1.35. The summed E-state index contributed by atoms with van der Waals surface area (Å²) in [6.07, 6.45) is 0.113. The number of rotatable bonds is 16. The van der Waals surface area contributed by atoms with E-state index in [-0.39, 0.29) is 38.7 Å². The van der Waals surface area contributed by atoms with E-state index < -0.39 is 45.9 Å². The molecule has 0 aromatic rings. The van der Waals surface area contributed by atoms with E-state index >= 15 is 0 Å². The van der Waals surface area contributed by atoms with Crippen molar-refractivity contribution >= 4 is 40.5 Å². The number of imide groups is 1. The highest BCUT2D eigenvalue weighted by molar-refractivity contribution is 7.66. The molecule has 0 aliphatic carbocycles. The van der Waals surface area contributed by atoms with Gasteiger partial charge in [0.2, 0.25) is 0 Å². The minimum absolute atomic E-state index is 0.0214. The molecule has 1 aliphatic rings. The molecule has 178 valence electrons. The van der Waals surface area contributed by atoms with Gasteiger partial charge in [0.25, 0.3) is 11.8 Å². The Morgan fingerprint density at radius 1 is 0.935 bits per heavy atom. The zero-order valence-electron chi connectivity index (χ0n) is 18.4. The van der Waals surface area contributed by atoms with Crippen molar-refractivity contribution in [2.45, 2.75) is 58.3 Å². The number of carbonyl (C=O) groups excluding carboxylic acids is 4. The van der Waals surface area contributed by atoms with E-state index in [0.717, 1.165) is 0 Å². The molecule has 11 nitrogen and oxygen atoms in total. The van der Waals surface area contributed by atoms with Gasteiger partial charge in [0.05, 0.1) is 39.3 Å². The number of nitrogens with zero attached hydrogens (tertiary/aromatic N) is 1. The minimum Gasteiger partial charge on any atom is -0.466 e. The molecule has 1 aliphatic heterocycles. The quantitative estimate of drug-likeness (QED) is 0.140. The molecular formula is C18H31NO10P2. The molecule has 0 saturated carbocycles. The SMILES string of the molecule is CCOP(OC)C(CC(=O)OCCCC(=O)ON1C(=O)CCC1=O)P(OCC)OCC. The highest BCUT2D eigenvalue weighted by atomic mass is 31.2. The van der Waals surface area contributed by atoms with Crippen molar-refractivity contribution in [3.8, 4) is 0 Å². The summed E-state index contributed by atoms with van der Waals surface area (Å²) in [5, 5.41) is 0.0586. The van der Waals surface area contributed by atoms with E-state index in [0.29, 0.717) is 24.9 Å². The van der Waals surface area contributed by atoms with Crippen molar-refractivity contribution in [3.05, 3.63) is 0 Å². The van der Waals surface area contributed by atoms with Crippen LogP contribution in [0.15, 0.2) is 0 Å². The van der Waals surface area contributed by atoms with Gasteiger partial charge in [-0.15, -0.1) is 5.06 Å². The Bertz CT molecular complexity index is 584. The highest BCUT2D eigenvalue weighted by Crippen LogP contribution is 2.61. The van der Waals surface area contributed by atoms with Crippen LogP contribution in [0.2, 0.25) is 0 Å². The lowest BCUT2D eigenvalue weighted by molar-refractivity contribution is -0.197. The van der Waals surface area contributed by atoms with Crippen molar-refractivity contribution < 1.29 is 46.8 Å². The monoisotopic (exact) mass is 483 g/mol. The number of amides is 2. The highest BCUT2D eigenvalue weighted by Gasteiger charge is 2.36. The average molecular weight is 483 g/mol. The summed E-state index contributed by atoms with van der Waals surface area (Å²) < 4.78 is 27.7. The van der Waals surface area contributed by atoms with Gasteiger partial charge in [0.1, 0.15) is 5.40 Å². The minimum atomic E-state index is -1.43. The van der Waals surface area contributed by atoms with Gasteiger partial charge in [-0.3, -0.25) is 14.4 Å². The van der Waals surface area contributed by atoms with E-state index in [2.05, 4.69) is 0 Å². The summed E-state index contributed by atoms with van der Waals surface area (Å²) in [6.45, 7) is 6.72. The standard InChI is InChI=1S/C18H31NO10P2/c1-5-26-30(24-4)18(31(27-6-2)28-7-3)13-17(23)25-12-8-9-16(22)29-19-14(20)10-11-15(19)21/h18H,5-13H2,1-4H3. The molecule has 2 unspecified atom stereocenters. The molecule has 1 rings (SSSR count). The van der Waals surface area contributed by atoms with Gasteiger partial charge in [-0.2, -0.15) is 0 Å². The maximum atomic E-state index is 12.4. The molecule has 0 bridgehead atoms. The van der Waals surface area contributed by atoms with E-state index in [4.69, 9.17) is 27.7 Å². The maximum Gasteiger partial charge on any atom is 0.333 e. The second kappa shape index (κ2) is 15.6. The fourth-order valence-electron chi connectivity index (χ4n) is 2.49. The van der Waals surface area contributed by atoms with E-state index in [9.17, 15) is 19.2 Å². The largest absolute Gasteiger partial charge is 0.466 e. The van der Waals surface area contributed by atoms with Crippen LogP contribution in [-0.2, 0) is 46.8 Å². The van der Waals surface area contributed by atoms with Crippen LogP contribution in [0, 0.1) is 0 Å². The number of hydroxylamine groups is 2. The van der Waals surface area contributed by atoms with Crippen LogP contribution in [0.5, 0.6) is 0 Å². The first-order valence-corrected chi connectivity index (χ1v) is 12.6. The first-order chi connectivity index (χ1) is 14.9. The summed E-state index contributed by atoms with van der Waals surface area (Å²) in [5.41, 5.74) is 0. The topological polar surface area (TPSA) is 127 Å². The normalized spacial score (nSPS) is 16.0. The first-order valence-electron chi connectivity index (χ1n) is 10.1. The third-order valence-electron chi connectivity index (χ3n) is 3.77. The van der Waals surface area contributed by atoms with Gasteiger partial charge in [-0.05, 0) is 27.2 Å². The maximum absolute atomic E-state index is 12.4. The zero-order valence-corrected chi connectivity index (χ0v) is 20.2. The Labute approximate surface area is 184 Å². The van der Waals surface area contributed by atoms with Gasteiger partial charge < -0.3 is 27.7 Å². The first kappa shape index (κ1) is 27.8. The second-order valence-corrected chi connectivity index (χ2v) is 10.00. The fraction of sp³-hybridized carbons (Fsp3) is 0.778. The summed E-state index contributed by atoms with van der Waals surface area (Å²) in [5.74, 6) is -2.33. The summed E-state index contributed by atoms with van der Waals surface area (Å²) >= 11 is 0. The molecule has 2 amide bonds. The zero-order chi connectivity index (χ0) is 23.2. The van der Waals surface area contributed by atoms with Crippen molar-refractivity contribution in [2.24, 2.45) is 0 Å². The second-order valence-electron chi connectivity index (χ2n) is 6.06. The fourth-order valence-corrected chi connectivity index (χ4v) is 6.29. The molecule has 1 fully saturated rings. The third kappa shape index (κ3) is 9.85.